The summed E-state index contributed by atoms with van der Waals surface area (Å²) in [6.45, 7) is 3.20. The van der Waals surface area contributed by atoms with Crippen molar-refractivity contribution in [1.82, 2.24) is 9.88 Å². The molecular formula is C25H20ClF3N4O3S. The number of hydrogen-bond acceptors (Lipinski definition) is 5. The molecule has 2 aromatic carbocycles. The summed E-state index contributed by atoms with van der Waals surface area (Å²) in [6.07, 6.45) is 1.47. The van der Waals surface area contributed by atoms with E-state index in [-0.39, 0.29) is 34.7 Å². The van der Waals surface area contributed by atoms with E-state index in [9.17, 15) is 27.6 Å². The minimum Gasteiger partial charge on any atom is -0.307 e. The van der Waals surface area contributed by atoms with Gasteiger partial charge in [-0.25, -0.2) is 14.7 Å². The fourth-order valence-electron chi connectivity index (χ4n) is 3.77. The first-order valence-electron chi connectivity index (χ1n) is 10.9. The van der Waals surface area contributed by atoms with E-state index < -0.39 is 28.9 Å². The molecule has 192 valence electrons. The number of nitrogens with one attached hydrogen (secondary N) is 1. The van der Waals surface area contributed by atoms with E-state index in [4.69, 9.17) is 11.6 Å². The highest BCUT2D eigenvalue weighted by Crippen LogP contribution is 2.39. The van der Waals surface area contributed by atoms with Gasteiger partial charge in [0.05, 0.1) is 5.69 Å². The SMILES string of the molecule is CC1(C)C(=O)N(c2ccc(SC(F)(F)F)cc2)C(=O)N1Cc1ccnc(NC(=O)c2cccc(Cl)c2)c1. The lowest BCUT2D eigenvalue weighted by atomic mass is 10.0. The smallest absolute Gasteiger partial charge is 0.307 e. The van der Waals surface area contributed by atoms with Gasteiger partial charge in [0.25, 0.3) is 11.8 Å². The summed E-state index contributed by atoms with van der Waals surface area (Å²) in [5, 5.41) is 3.09. The van der Waals surface area contributed by atoms with Crippen molar-refractivity contribution in [1.29, 1.82) is 0 Å². The topological polar surface area (TPSA) is 82.6 Å². The lowest BCUT2D eigenvalue weighted by Crippen LogP contribution is -2.43. The van der Waals surface area contributed by atoms with Gasteiger partial charge in [0.15, 0.2) is 0 Å². The molecule has 4 rings (SSSR count). The Morgan fingerprint density at radius 3 is 2.43 bits per heavy atom. The number of halogens is 4. The van der Waals surface area contributed by atoms with Gasteiger partial charge < -0.3 is 10.2 Å². The van der Waals surface area contributed by atoms with Gasteiger partial charge in [0, 0.05) is 28.2 Å². The number of urea groups is 1. The highest BCUT2D eigenvalue weighted by molar-refractivity contribution is 8.00. The molecule has 0 bridgehead atoms. The average Bonchev–Trinajstić information content (AvgIpc) is 2.98. The number of thioether (sulfide) groups is 1. The fourth-order valence-corrected chi connectivity index (χ4v) is 4.50. The van der Waals surface area contributed by atoms with Crippen molar-refractivity contribution in [2.45, 2.75) is 36.3 Å². The number of aromatic nitrogens is 1. The molecule has 1 aliphatic heterocycles. The number of hydrogen-bond donors (Lipinski definition) is 1. The van der Waals surface area contributed by atoms with Crippen LogP contribution in [0.2, 0.25) is 5.02 Å². The van der Waals surface area contributed by atoms with Gasteiger partial charge in [-0.15, -0.1) is 0 Å². The van der Waals surface area contributed by atoms with Crippen molar-refractivity contribution < 1.29 is 27.6 Å². The molecule has 0 spiro atoms. The summed E-state index contributed by atoms with van der Waals surface area (Å²) in [4.78, 5) is 45.3. The van der Waals surface area contributed by atoms with Crippen LogP contribution in [0, 0.1) is 0 Å². The summed E-state index contributed by atoms with van der Waals surface area (Å²) in [5.41, 5.74) is -4.57. The second kappa shape index (κ2) is 10.1. The fraction of sp³-hybridized carbons (Fsp3) is 0.200. The van der Waals surface area contributed by atoms with Crippen LogP contribution in [0.3, 0.4) is 0 Å². The summed E-state index contributed by atoms with van der Waals surface area (Å²) in [7, 11) is 0. The third-order valence-electron chi connectivity index (χ3n) is 5.65. The second-order valence-electron chi connectivity index (χ2n) is 8.62. The lowest BCUT2D eigenvalue weighted by molar-refractivity contribution is -0.123. The van der Waals surface area contributed by atoms with E-state index in [0.717, 1.165) is 4.90 Å². The zero-order chi connectivity index (χ0) is 27.0. The van der Waals surface area contributed by atoms with Crippen LogP contribution < -0.4 is 10.2 Å². The minimum absolute atomic E-state index is 0.0264. The molecule has 37 heavy (non-hydrogen) atoms. The Hall–Kier alpha value is -3.57. The maximum absolute atomic E-state index is 13.3. The molecule has 0 unspecified atom stereocenters. The molecule has 12 heteroatoms. The van der Waals surface area contributed by atoms with Crippen molar-refractivity contribution >= 4 is 52.7 Å². The molecular weight excluding hydrogens is 529 g/mol. The first-order chi connectivity index (χ1) is 17.3. The Labute approximate surface area is 219 Å². The van der Waals surface area contributed by atoms with Crippen LogP contribution >= 0.6 is 23.4 Å². The predicted molar refractivity (Wildman–Crippen MR) is 135 cm³/mol. The van der Waals surface area contributed by atoms with Gasteiger partial charge in [-0.3, -0.25) is 9.59 Å². The van der Waals surface area contributed by atoms with Crippen molar-refractivity contribution in [3.05, 3.63) is 83.0 Å². The molecule has 0 aliphatic carbocycles. The number of carbonyl (C=O) groups excluding carboxylic acids is 3. The first-order valence-corrected chi connectivity index (χ1v) is 12.1. The molecule has 0 saturated carbocycles. The molecule has 1 saturated heterocycles. The monoisotopic (exact) mass is 548 g/mol. The summed E-state index contributed by atoms with van der Waals surface area (Å²) < 4.78 is 37.9. The summed E-state index contributed by atoms with van der Waals surface area (Å²) >= 11 is 5.66. The number of rotatable bonds is 6. The standard InChI is InChI=1S/C25H20ClF3N4O3S/c1-24(2)22(35)33(18-6-8-19(9-7-18)37-25(27,28)29)23(36)32(24)14-15-10-11-30-20(12-15)31-21(34)16-4-3-5-17(26)13-16/h3-13H,14H2,1-2H3,(H,30,31,34). The van der Waals surface area contributed by atoms with Crippen LogP contribution in [0.15, 0.2) is 71.8 Å². The Kier molecular flexibility index (Phi) is 7.20. The van der Waals surface area contributed by atoms with Gasteiger partial charge >= 0.3 is 11.5 Å². The number of pyridine rings is 1. The van der Waals surface area contributed by atoms with E-state index in [0.29, 0.717) is 16.1 Å². The molecule has 1 aromatic heterocycles. The van der Waals surface area contributed by atoms with Crippen LogP contribution in [0.1, 0.15) is 29.8 Å². The quantitative estimate of drug-likeness (QED) is 0.287. The highest BCUT2D eigenvalue weighted by atomic mass is 35.5. The van der Waals surface area contributed by atoms with Gasteiger partial charge in [0.1, 0.15) is 11.4 Å². The molecule has 0 atom stereocenters. The molecule has 1 N–H and O–H groups in total. The molecule has 3 aromatic rings. The lowest BCUT2D eigenvalue weighted by Gasteiger charge is -2.27. The van der Waals surface area contributed by atoms with Crippen LogP contribution in [0.5, 0.6) is 0 Å². The molecule has 1 aliphatic rings. The van der Waals surface area contributed by atoms with Crippen LogP contribution in [0.25, 0.3) is 0 Å². The van der Waals surface area contributed by atoms with Crippen molar-refractivity contribution in [2.75, 3.05) is 10.2 Å². The molecule has 2 heterocycles. The van der Waals surface area contributed by atoms with Gasteiger partial charge in [0.2, 0.25) is 0 Å². The third-order valence-corrected chi connectivity index (χ3v) is 6.62. The number of nitrogens with zero attached hydrogens (tertiary/aromatic N) is 3. The van der Waals surface area contributed by atoms with Gasteiger partial charge in [-0.1, -0.05) is 17.7 Å². The number of amides is 4. The zero-order valence-corrected chi connectivity index (χ0v) is 21.1. The first kappa shape index (κ1) is 26.5. The summed E-state index contributed by atoms with van der Waals surface area (Å²) in [5.74, 6) is -0.691. The van der Waals surface area contributed by atoms with Gasteiger partial charge in [-0.05, 0) is 85.8 Å². The largest absolute Gasteiger partial charge is 0.446 e. The number of carbonyl (C=O) groups is 3. The summed E-state index contributed by atoms with van der Waals surface area (Å²) in [6, 6.07) is 14.1. The maximum Gasteiger partial charge on any atom is 0.446 e. The third kappa shape index (κ3) is 5.89. The van der Waals surface area contributed by atoms with Crippen LogP contribution in [0.4, 0.5) is 29.5 Å². The average molecular weight is 549 g/mol. The molecule has 7 nitrogen and oxygen atoms in total. The van der Waals surface area contributed by atoms with E-state index in [1.807, 2.05) is 0 Å². The minimum atomic E-state index is -4.45. The Morgan fingerprint density at radius 2 is 1.78 bits per heavy atom. The van der Waals surface area contributed by atoms with Crippen LogP contribution in [-0.2, 0) is 11.3 Å². The van der Waals surface area contributed by atoms with Crippen molar-refractivity contribution in [3.63, 3.8) is 0 Å². The van der Waals surface area contributed by atoms with Gasteiger partial charge in [-0.2, -0.15) is 13.2 Å². The zero-order valence-electron chi connectivity index (χ0n) is 19.5. The van der Waals surface area contributed by atoms with E-state index >= 15 is 0 Å². The predicted octanol–water partition coefficient (Wildman–Crippen LogP) is 6.35. The molecule has 0 radical (unpaired) electrons. The van der Waals surface area contributed by atoms with E-state index in [1.54, 1.807) is 44.2 Å². The van der Waals surface area contributed by atoms with Crippen molar-refractivity contribution in [3.8, 4) is 0 Å². The normalized spacial score (nSPS) is 15.3. The highest BCUT2D eigenvalue weighted by Gasteiger charge is 2.51. The second-order valence-corrected chi connectivity index (χ2v) is 10.2. The van der Waals surface area contributed by atoms with E-state index in [1.165, 1.54) is 41.4 Å². The molecule has 4 amide bonds. The molecule has 1 fully saturated rings. The number of alkyl halides is 3. The maximum atomic E-state index is 13.3. The Balaban J connectivity index is 1.52. The number of anilines is 2. The number of benzene rings is 2. The van der Waals surface area contributed by atoms with Crippen LogP contribution in [-0.4, -0.2) is 38.8 Å². The number of imide groups is 1. The Morgan fingerprint density at radius 1 is 1.08 bits per heavy atom. The van der Waals surface area contributed by atoms with E-state index in [2.05, 4.69) is 10.3 Å². The Bertz CT molecular complexity index is 1370. The van der Waals surface area contributed by atoms with Crippen molar-refractivity contribution in [2.24, 2.45) is 0 Å².